The monoisotopic (exact) mass is 345 g/mol. The second kappa shape index (κ2) is 7.18. The number of hydrogen-bond donors (Lipinski definition) is 3. The number of halogens is 1. The second-order valence-corrected chi connectivity index (χ2v) is 5.54. The van der Waals surface area contributed by atoms with Gasteiger partial charge in [0.2, 0.25) is 0 Å². The molecule has 3 N–H and O–H groups in total. The van der Waals surface area contributed by atoms with Crippen LogP contribution in [0.5, 0.6) is 0 Å². The Morgan fingerprint density at radius 3 is 2.40 bits per heavy atom. The van der Waals surface area contributed by atoms with E-state index in [1.54, 1.807) is 12.1 Å². The highest BCUT2D eigenvalue weighted by atomic mass is 19.1. The van der Waals surface area contributed by atoms with Crippen LogP contribution in [-0.2, 0) is 11.3 Å². The van der Waals surface area contributed by atoms with Gasteiger partial charge >= 0.3 is 12.1 Å². The third-order valence-corrected chi connectivity index (χ3v) is 3.80. The molecule has 0 bridgehead atoms. The minimum Gasteiger partial charge on any atom is -0.422 e. The number of hydrogen-bond acceptors (Lipinski definition) is 4. The number of carbonyl (C=O) groups is 2. The summed E-state index contributed by atoms with van der Waals surface area (Å²) in [7, 11) is 0. The summed E-state index contributed by atoms with van der Waals surface area (Å²) in [6.07, 6.45) is -1.85. The van der Waals surface area contributed by atoms with E-state index in [-0.39, 0.29) is 18.4 Å². The number of ether oxygens (including phenoxy) is 1. The Bertz CT molecular complexity index is 764. The zero-order chi connectivity index (χ0) is 17.8. The molecule has 0 spiro atoms. The maximum atomic E-state index is 13.0. The van der Waals surface area contributed by atoms with Gasteiger partial charge in [0, 0.05) is 6.54 Å². The Morgan fingerprint density at radius 1 is 1.20 bits per heavy atom. The smallest absolute Gasteiger partial charge is 0.422 e. The summed E-state index contributed by atoms with van der Waals surface area (Å²) in [5, 5.41) is 10.9. The molecule has 7 nitrogen and oxygen atoms in total. The molecular formula is C17H16FN3O4. The average molecular weight is 345 g/mol. The third-order valence-electron chi connectivity index (χ3n) is 3.80. The summed E-state index contributed by atoms with van der Waals surface area (Å²) < 4.78 is 17.8. The fourth-order valence-electron chi connectivity index (χ4n) is 2.58. The minimum absolute atomic E-state index is 0.173. The molecule has 0 radical (unpaired) electrons. The molecule has 0 aromatic heterocycles. The normalized spacial score (nSPS) is 16.5. The molecule has 1 saturated heterocycles. The van der Waals surface area contributed by atoms with Crippen LogP contribution in [0.2, 0.25) is 0 Å². The minimum atomic E-state index is -1.03. The first-order valence-electron chi connectivity index (χ1n) is 7.56. The second-order valence-electron chi connectivity index (χ2n) is 5.54. The summed E-state index contributed by atoms with van der Waals surface area (Å²) in [6.45, 7) is 0.516. The molecular weight excluding hydrogens is 329 g/mol. The zero-order valence-corrected chi connectivity index (χ0v) is 13.1. The quantitative estimate of drug-likeness (QED) is 0.586. The number of hydroxylamine groups is 1. The lowest BCUT2D eigenvalue weighted by molar-refractivity contribution is 0.0524. The SMILES string of the molecule is O=C(NO)O[C@@H]1CN(Cc2ccc(-c3ccc(F)cc3)cc2)C(=O)N1. The number of benzene rings is 2. The van der Waals surface area contributed by atoms with E-state index in [0.29, 0.717) is 6.54 Å². The Morgan fingerprint density at radius 2 is 1.80 bits per heavy atom. The third kappa shape index (κ3) is 4.04. The molecule has 0 unspecified atom stereocenters. The fraction of sp³-hybridized carbons (Fsp3) is 0.176. The highest BCUT2D eigenvalue weighted by Crippen LogP contribution is 2.21. The first-order chi connectivity index (χ1) is 12.0. The van der Waals surface area contributed by atoms with Gasteiger partial charge in [0.05, 0.1) is 6.54 Å². The highest BCUT2D eigenvalue weighted by Gasteiger charge is 2.31. The molecule has 8 heteroatoms. The average Bonchev–Trinajstić information content (AvgIpc) is 2.95. The largest absolute Gasteiger partial charge is 0.433 e. The first-order valence-corrected chi connectivity index (χ1v) is 7.56. The van der Waals surface area contributed by atoms with Crippen LogP contribution in [0.4, 0.5) is 14.0 Å². The van der Waals surface area contributed by atoms with E-state index in [2.05, 4.69) is 5.32 Å². The molecule has 1 aliphatic rings. The van der Waals surface area contributed by atoms with Gasteiger partial charge in [-0.15, -0.1) is 0 Å². The maximum Gasteiger partial charge on any atom is 0.433 e. The van der Waals surface area contributed by atoms with Crippen molar-refractivity contribution in [2.24, 2.45) is 0 Å². The summed E-state index contributed by atoms with van der Waals surface area (Å²) in [5.74, 6) is -0.285. The van der Waals surface area contributed by atoms with Crippen LogP contribution in [-0.4, -0.2) is 35.0 Å². The zero-order valence-electron chi connectivity index (χ0n) is 13.1. The lowest BCUT2D eigenvalue weighted by Gasteiger charge is -2.15. The molecule has 2 aromatic rings. The Hall–Kier alpha value is -3.13. The van der Waals surface area contributed by atoms with E-state index >= 15 is 0 Å². The molecule has 130 valence electrons. The highest BCUT2D eigenvalue weighted by molar-refractivity contribution is 5.77. The van der Waals surface area contributed by atoms with Crippen molar-refractivity contribution in [3.05, 3.63) is 59.9 Å². The number of amides is 3. The van der Waals surface area contributed by atoms with E-state index in [9.17, 15) is 14.0 Å². The summed E-state index contributed by atoms with van der Waals surface area (Å²) in [4.78, 5) is 24.3. The predicted molar refractivity (Wildman–Crippen MR) is 86.0 cm³/mol. The van der Waals surface area contributed by atoms with Crippen LogP contribution in [0.1, 0.15) is 5.56 Å². The van der Waals surface area contributed by atoms with Crippen LogP contribution in [0, 0.1) is 5.82 Å². The van der Waals surface area contributed by atoms with Gasteiger partial charge in [-0.1, -0.05) is 36.4 Å². The molecule has 1 fully saturated rings. The van der Waals surface area contributed by atoms with Gasteiger partial charge in [0.25, 0.3) is 0 Å². The molecule has 2 aromatic carbocycles. The number of urea groups is 1. The molecule has 0 aliphatic carbocycles. The van der Waals surface area contributed by atoms with Gasteiger partial charge in [0.15, 0.2) is 6.23 Å². The lowest BCUT2D eigenvalue weighted by Crippen LogP contribution is -2.34. The van der Waals surface area contributed by atoms with Crippen LogP contribution in [0.25, 0.3) is 11.1 Å². The van der Waals surface area contributed by atoms with Gasteiger partial charge in [-0.25, -0.2) is 19.5 Å². The molecule has 3 amide bonds. The molecule has 1 aliphatic heterocycles. The number of nitrogens with one attached hydrogen (secondary N) is 2. The Labute approximate surface area is 143 Å². The van der Waals surface area contributed by atoms with E-state index in [4.69, 9.17) is 9.94 Å². The van der Waals surface area contributed by atoms with Crippen molar-refractivity contribution >= 4 is 12.1 Å². The van der Waals surface area contributed by atoms with Crippen LogP contribution in [0.15, 0.2) is 48.5 Å². The van der Waals surface area contributed by atoms with Crippen molar-refractivity contribution in [1.82, 2.24) is 15.7 Å². The molecule has 1 atom stereocenters. The maximum absolute atomic E-state index is 13.0. The van der Waals surface area contributed by atoms with Crippen LogP contribution in [0.3, 0.4) is 0 Å². The first kappa shape index (κ1) is 16.7. The summed E-state index contributed by atoms with van der Waals surface area (Å²) in [6, 6.07) is 13.4. The van der Waals surface area contributed by atoms with Crippen molar-refractivity contribution < 1.29 is 23.9 Å². The molecule has 1 heterocycles. The number of carbonyl (C=O) groups excluding carboxylic acids is 2. The fourth-order valence-corrected chi connectivity index (χ4v) is 2.58. The summed E-state index contributed by atoms with van der Waals surface area (Å²) >= 11 is 0. The van der Waals surface area contributed by atoms with Gasteiger partial charge in [-0.05, 0) is 28.8 Å². The van der Waals surface area contributed by atoms with Crippen molar-refractivity contribution in [3.63, 3.8) is 0 Å². The molecule has 25 heavy (non-hydrogen) atoms. The van der Waals surface area contributed by atoms with E-state index in [1.165, 1.54) is 22.5 Å². The van der Waals surface area contributed by atoms with E-state index < -0.39 is 12.3 Å². The van der Waals surface area contributed by atoms with Crippen molar-refractivity contribution in [2.45, 2.75) is 12.8 Å². The van der Waals surface area contributed by atoms with Gasteiger partial charge in [-0.3, -0.25) is 5.21 Å². The van der Waals surface area contributed by atoms with Gasteiger partial charge < -0.3 is 15.0 Å². The van der Waals surface area contributed by atoms with Gasteiger partial charge in [0.1, 0.15) is 5.82 Å². The van der Waals surface area contributed by atoms with Gasteiger partial charge in [-0.2, -0.15) is 0 Å². The van der Waals surface area contributed by atoms with Crippen molar-refractivity contribution in [2.75, 3.05) is 6.54 Å². The topological polar surface area (TPSA) is 90.9 Å². The van der Waals surface area contributed by atoms with Crippen LogP contribution >= 0.6 is 0 Å². The lowest BCUT2D eigenvalue weighted by atomic mass is 10.0. The Kier molecular flexibility index (Phi) is 4.80. The summed E-state index contributed by atoms with van der Waals surface area (Å²) in [5.41, 5.74) is 4.08. The molecule has 0 saturated carbocycles. The van der Waals surface area contributed by atoms with E-state index in [0.717, 1.165) is 16.7 Å². The predicted octanol–water partition coefficient (Wildman–Crippen LogP) is 2.46. The van der Waals surface area contributed by atoms with Crippen molar-refractivity contribution in [1.29, 1.82) is 0 Å². The van der Waals surface area contributed by atoms with Crippen molar-refractivity contribution in [3.8, 4) is 11.1 Å². The van der Waals surface area contributed by atoms with Crippen LogP contribution < -0.4 is 10.8 Å². The number of rotatable bonds is 4. The molecule has 3 rings (SSSR count). The number of nitrogens with zero attached hydrogens (tertiary/aromatic N) is 1. The van der Waals surface area contributed by atoms with E-state index in [1.807, 2.05) is 24.3 Å². The standard InChI is InChI=1S/C17H16FN3O4/c18-14-7-5-13(6-8-14)12-3-1-11(2-4-12)9-21-10-15(19-16(21)22)25-17(23)20-24/h1-8,15,24H,9-10H2,(H,19,22)(H,20,23)/t15-/m1/s1. The Balaban J connectivity index is 1.62.